The maximum Gasteiger partial charge on any atom is 0.313 e. The molecule has 7 nitrogen and oxygen atoms in total. The van der Waals surface area contributed by atoms with Gasteiger partial charge in [0.15, 0.2) is 0 Å². The van der Waals surface area contributed by atoms with Gasteiger partial charge in [-0.1, -0.05) is 46.8 Å². The molecular formula is C25H42N2O5S. The van der Waals surface area contributed by atoms with Crippen LogP contribution in [0.5, 0.6) is 0 Å². The number of sulfonamides is 1. The molecule has 2 rings (SSSR count). The zero-order valence-electron chi connectivity index (χ0n) is 21.4. The largest absolute Gasteiger partial charge is 0.434 e. The van der Waals surface area contributed by atoms with Crippen molar-refractivity contribution in [1.29, 1.82) is 0 Å². The van der Waals surface area contributed by atoms with Crippen LogP contribution in [0.3, 0.4) is 0 Å². The fourth-order valence-electron chi connectivity index (χ4n) is 3.62. The number of benzene rings is 1. The van der Waals surface area contributed by atoms with Crippen LogP contribution in [0.1, 0.15) is 73.8 Å². The van der Waals surface area contributed by atoms with Crippen LogP contribution in [0.2, 0.25) is 0 Å². The standard InChI is InChI=1S/C25H42N2O5S/c1-17(2)15-19(16-26-21-13-14-31-22(21)32-23(28)25(6,7)8)27-33(29,30)20-11-9-18(10-12-20)24(3,4)5/h9-12,17,19,21-22,26-27H,13-16H2,1-8H3/t19-,21+,22+/m1/s1. The molecule has 1 aliphatic heterocycles. The Kier molecular flexibility index (Phi) is 9.12. The summed E-state index contributed by atoms with van der Waals surface area (Å²) in [5, 5.41) is 3.37. The number of esters is 1. The van der Waals surface area contributed by atoms with E-state index in [1.54, 1.807) is 32.9 Å². The highest BCUT2D eigenvalue weighted by Crippen LogP contribution is 2.24. The quantitative estimate of drug-likeness (QED) is 0.517. The van der Waals surface area contributed by atoms with E-state index in [9.17, 15) is 13.2 Å². The number of carbonyl (C=O) groups excluding carboxylic acids is 1. The molecule has 1 aliphatic rings. The lowest BCUT2D eigenvalue weighted by atomic mass is 9.87. The van der Waals surface area contributed by atoms with Crippen LogP contribution in [-0.2, 0) is 29.7 Å². The molecule has 1 fully saturated rings. The molecule has 0 spiro atoms. The van der Waals surface area contributed by atoms with E-state index in [4.69, 9.17) is 9.47 Å². The number of carbonyl (C=O) groups is 1. The lowest BCUT2D eigenvalue weighted by Crippen LogP contribution is -2.48. The monoisotopic (exact) mass is 482 g/mol. The topological polar surface area (TPSA) is 93.7 Å². The molecule has 0 saturated carbocycles. The fraction of sp³-hybridized carbons (Fsp3) is 0.720. The van der Waals surface area contributed by atoms with Crippen molar-refractivity contribution < 1.29 is 22.7 Å². The van der Waals surface area contributed by atoms with Gasteiger partial charge >= 0.3 is 5.97 Å². The normalized spacial score (nSPS) is 20.8. The third-order valence-corrected chi connectivity index (χ3v) is 7.15. The summed E-state index contributed by atoms with van der Waals surface area (Å²) in [4.78, 5) is 12.5. The third kappa shape index (κ3) is 8.35. The van der Waals surface area contributed by atoms with Crippen LogP contribution in [0.15, 0.2) is 29.2 Å². The van der Waals surface area contributed by atoms with E-state index in [2.05, 4.69) is 44.7 Å². The van der Waals surface area contributed by atoms with E-state index in [0.29, 0.717) is 31.9 Å². The van der Waals surface area contributed by atoms with Gasteiger partial charge in [-0.15, -0.1) is 0 Å². The smallest absolute Gasteiger partial charge is 0.313 e. The average molecular weight is 483 g/mol. The Morgan fingerprint density at radius 1 is 1.12 bits per heavy atom. The predicted octanol–water partition coefficient (Wildman–Crippen LogP) is 3.97. The van der Waals surface area contributed by atoms with Crippen LogP contribution in [-0.4, -0.2) is 45.9 Å². The Morgan fingerprint density at radius 2 is 1.73 bits per heavy atom. The van der Waals surface area contributed by atoms with Gasteiger partial charge in [-0.2, -0.15) is 0 Å². The molecule has 33 heavy (non-hydrogen) atoms. The molecule has 1 heterocycles. The van der Waals surface area contributed by atoms with Gasteiger partial charge in [0.1, 0.15) is 0 Å². The van der Waals surface area contributed by atoms with Crippen molar-refractivity contribution in [2.45, 2.75) is 96.9 Å². The first kappa shape index (κ1) is 27.8. The molecule has 0 unspecified atom stereocenters. The Labute approximate surface area is 200 Å². The first-order valence-corrected chi connectivity index (χ1v) is 13.3. The van der Waals surface area contributed by atoms with Gasteiger partial charge in [-0.05, 0) is 62.6 Å². The second-order valence-electron chi connectivity index (χ2n) is 11.4. The third-order valence-electron chi connectivity index (χ3n) is 5.61. The molecule has 2 N–H and O–H groups in total. The molecule has 1 aromatic rings. The van der Waals surface area contributed by atoms with Crippen LogP contribution in [0.4, 0.5) is 0 Å². The molecule has 0 aromatic heterocycles. The summed E-state index contributed by atoms with van der Waals surface area (Å²) in [6, 6.07) is 6.58. The Morgan fingerprint density at radius 3 is 2.24 bits per heavy atom. The van der Waals surface area contributed by atoms with Crippen molar-refractivity contribution in [2.75, 3.05) is 13.2 Å². The second-order valence-corrected chi connectivity index (χ2v) is 13.1. The van der Waals surface area contributed by atoms with E-state index in [-0.39, 0.29) is 28.4 Å². The lowest BCUT2D eigenvalue weighted by molar-refractivity contribution is -0.182. The molecule has 3 atom stereocenters. The Hall–Kier alpha value is -1.48. The second kappa shape index (κ2) is 10.8. The molecule has 0 amide bonds. The van der Waals surface area contributed by atoms with Crippen LogP contribution in [0, 0.1) is 11.3 Å². The number of hydrogen-bond acceptors (Lipinski definition) is 6. The fourth-order valence-corrected chi connectivity index (χ4v) is 4.87. The molecule has 188 valence electrons. The molecular weight excluding hydrogens is 440 g/mol. The molecule has 1 aromatic carbocycles. The first-order chi connectivity index (χ1) is 15.1. The van der Waals surface area contributed by atoms with E-state index >= 15 is 0 Å². The molecule has 1 saturated heterocycles. The average Bonchev–Trinajstić information content (AvgIpc) is 3.11. The molecule has 8 heteroatoms. The van der Waals surface area contributed by atoms with Gasteiger partial charge in [0.05, 0.1) is 23.0 Å². The summed E-state index contributed by atoms with van der Waals surface area (Å²) < 4.78 is 40.2. The van der Waals surface area contributed by atoms with Gasteiger partial charge in [-0.25, -0.2) is 13.1 Å². The zero-order valence-corrected chi connectivity index (χ0v) is 22.2. The summed E-state index contributed by atoms with van der Waals surface area (Å²) in [6.45, 7) is 16.7. The van der Waals surface area contributed by atoms with Crippen LogP contribution >= 0.6 is 0 Å². The predicted molar refractivity (Wildman–Crippen MR) is 130 cm³/mol. The summed E-state index contributed by atoms with van der Waals surface area (Å²) in [5.74, 6) is -0.0172. The highest BCUT2D eigenvalue weighted by molar-refractivity contribution is 7.89. The number of rotatable bonds is 9. The van der Waals surface area contributed by atoms with Crippen molar-refractivity contribution >= 4 is 16.0 Å². The van der Waals surface area contributed by atoms with Gasteiger partial charge in [0, 0.05) is 12.6 Å². The minimum Gasteiger partial charge on any atom is -0.434 e. The SMILES string of the molecule is CC(C)C[C@H](CN[C@H]1CCO[C@H]1OC(=O)C(C)(C)C)NS(=O)(=O)c1ccc(C(C)(C)C)cc1. The Bertz CT molecular complexity index is 883. The Balaban J connectivity index is 2.06. The highest BCUT2D eigenvalue weighted by Gasteiger charge is 2.35. The van der Waals surface area contributed by atoms with Gasteiger partial charge < -0.3 is 14.8 Å². The number of ether oxygens (including phenoxy) is 2. The lowest BCUT2D eigenvalue weighted by Gasteiger charge is -2.27. The van der Waals surface area contributed by atoms with Gasteiger partial charge in [-0.3, -0.25) is 4.79 Å². The number of nitrogens with one attached hydrogen (secondary N) is 2. The van der Waals surface area contributed by atoms with E-state index in [1.807, 2.05) is 12.1 Å². The molecule has 0 aliphatic carbocycles. The van der Waals surface area contributed by atoms with Crippen LogP contribution < -0.4 is 10.0 Å². The van der Waals surface area contributed by atoms with Crippen LogP contribution in [0.25, 0.3) is 0 Å². The summed E-state index contributed by atoms with van der Waals surface area (Å²) in [5.41, 5.74) is 0.421. The minimum atomic E-state index is -3.67. The van der Waals surface area contributed by atoms with E-state index in [1.165, 1.54) is 0 Å². The van der Waals surface area contributed by atoms with Crippen molar-refractivity contribution in [3.8, 4) is 0 Å². The van der Waals surface area contributed by atoms with Gasteiger partial charge in [0.2, 0.25) is 16.3 Å². The first-order valence-electron chi connectivity index (χ1n) is 11.8. The van der Waals surface area contributed by atoms with Crippen molar-refractivity contribution in [3.63, 3.8) is 0 Å². The number of hydrogen-bond donors (Lipinski definition) is 2. The summed E-state index contributed by atoms with van der Waals surface area (Å²) >= 11 is 0. The van der Waals surface area contributed by atoms with Crippen molar-refractivity contribution in [2.24, 2.45) is 11.3 Å². The van der Waals surface area contributed by atoms with Gasteiger partial charge in [0.25, 0.3) is 0 Å². The molecule has 0 bridgehead atoms. The molecule has 0 radical (unpaired) electrons. The minimum absolute atomic E-state index is 0.0455. The highest BCUT2D eigenvalue weighted by atomic mass is 32.2. The summed E-state index contributed by atoms with van der Waals surface area (Å²) in [7, 11) is -3.67. The zero-order chi connectivity index (χ0) is 25.0. The maximum absolute atomic E-state index is 13.1. The van der Waals surface area contributed by atoms with Crippen molar-refractivity contribution in [1.82, 2.24) is 10.0 Å². The maximum atomic E-state index is 13.1. The van der Waals surface area contributed by atoms with Crippen molar-refractivity contribution in [3.05, 3.63) is 29.8 Å². The van der Waals surface area contributed by atoms with E-state index in [0.717, 1.165) is 5.56 Å². The van der Waals surface area contributed by atoms with E-state index < -0.39 is 21.7 Å². The summed E-state index contributed by atoms with van der Waals surface area (Å²) in [6.07, 6.45) is 0.696.